The molecule has 0 radical (unpaired) electrons. The summed E-state index contributed by atoms with van der Waals surface area (Å²) in [5, 5.41) is 4.16. The second-order valence-electron chi connectivity index (χ2n) is 9.72. The summed E-state index contributed by atoms with van der Waals surface area (Å²) in [6.07, 6.45) is 6.53. The first-order chi connectivity index (χ1) is 17.1. The van der Waals surface area contributed by atoms with Gasteiger partial charge in [-0.05, 0) is 48.6 Å². The van der Waals surface area contributed by atoms with Crippen molar-refractivity contribution < 1.29 is 14.1 Å². The molecule has 0 spiro atoms. The van der Waals surface area contributed by atoms with Gasteiger partial charge in [0.15, 0.2) is 6.61 Å². The van der Waals surface area contributed by atoms with Crippen LogP contribution in [0.5, 0.6) is 5.75 Å². The van der Waals surface area contributed by atoms with E-state index in [-0.39, 0.29) is 12.5 Å². The highest BCUT2D eigenvalue weighted by Crippen LogP contribution is 2.34. The Morgan fingerprint density at radius 3 is 2.46 bits per heavy atom. The lowest BCUT2D eigenvalue weighted by Crippen LogP contribution is -2.50. The van der Waals surface area contributed by atoms with Crippen molar-refractivity contribution in [3.8, 4) is 17.1 Å². The van der Waals surface area contributed by atoms with Crippen LogP contribution in [0.15, 0.2) is 47.1 Å². The number of carbonyl (C=O) groups excluding carboxylic acids is 1. The van der Waals surface area contributed by atoms with E-state index >= 15 is 0 Å². The second-order valence-corrected chi connectivity index (χ2v) is 9.72. The van der Waals surface area contributed by atoms with Crippen LogP contribution >= 0.6 is 0 Å². The Morgan fingerprint density at radius 1 is 1.06 bits per heavy atom. The van der Waals surface area contributed by atoms with Crippen molar-refractivity contribution in [2.45, 2.75) is 51.4 Å². The summed E-state index contributed by atoms with van der Waals surface area (Å²) >= 11 is 0. The third-order valence-corrected chi connectivity index (χ3v) is 7.02. The average Bonchev–Trinajstić information content (AvgIpc) is 3.60. The van der Waals surface area contributed by atoms with Crippen LogP contribution in [0.3, 0.4) is 0 Å². The van der Waals surface area contributed by atoms with Crippen molar-refractivity contribution in [2.75, 3.05) is 37.7 Å². The van der Waals surface area contributed by atoms with Crippen molar-refractivity contribution in [3.05, 3.63) is 54.0 Å². The van der Waals surface area contributed by atoms with Gasteiger partial charge in [-0.15, -0.1) is 0 Å². The number of aromatic nitrogens is 3. The highest BCUT2D eigenvalue weighted by Gasteiger charge is 2.24. The molecule has 3 heterocycles. The van der Waals surface area contributed by atoms with Crippen LogP contribution in [-0.4, -0.2) is 58.7 Å². The zero-order valence-electron chi connectivity index (χ0n) is 20.5. The van der Waals surface area contributed by atoms with Crippen LogP contribution in [0.2, 0.25) is 0 Å². The standard InChI is InChI=1S/C27H33N5O3/c1-19(2)20-7-10-23(11-8-20)34-18-25(33)32-15-13-31(14-16-32)24-12-9-22(17-28-24)26-29-27(35-30-26)21-5-3-4-6-21/h7-12,17,19,21H,3-6,13-16,18H2,1-2H3. The van der Waals surface area contributed by atoms with E-state index in [1.807, 2.05) is 29.2 Å². The van der Waals surface area contributed by atoms with E-state index in [1.165, 1.54) is 18.4 Å². The molecule has 1 aliphatic heterocycles. The fourth-order valence-electron chi connectivity index (χ4n) is 4.77. The van der Waals surface area contributed by atoms with E-state index in [2.05, 4.69) is 46.0 Å². The Hall–Kier alpha value is -3.42. The summed E-state index contributed by atoms with van der Waals surface area (Å²) in [7, 11) is 0. The molecule has 2 aromatic heterocycles. The van der Waals surface area contributed by atoms with E-state index in [1.54, 1.807) is 6.20 Å². The van der Waals surface area contributed by atoms with Crippen LogP contribution < -0.4 is 9.64 Å². The summed E-state index contributed by atoms with van der Waals surface area (Å²) in [6.45, 7) is 7.12. The second kappa shape index (κ2) is 10.5. The first-order valence-electron chi connectivity index (χ1n) is 12.6. The summed E-state index contributed by atoms with van der Waals surface area (Å²) < 4.78 is 11.2. The van der Waals surface area contributed by atoms with Crippen molar-refractivity contribution in [3.63, 3.8) is 0 Å². The van der Waals surface area contributed by atoms with E-state index in [4.69, 9.17) is 9.26 Å². The van der Waals surface area contributed by atoms with Gasteiger partial charge >= 0.3 is 0 Å². The van der Waals surface area contributed by atoms with Gasteiger partial charge in [0.25, 0.3) is 5.91 Å². The monoisotopic (exact) mass is 475 g/mol. The smallest absolute Gasteiger partial charge is 0.260 e. The first-order valence-corrected chi connectivity index (χ1v) is 12.6. The van der Waals surface area contributed by atoms with Crippen molar-refractivity contribution in [2.24, 2.45) is 0 Å². The van der Waals surface area contributed by atoms with Crippen LogP contribution in [0, 0.1) is 0 Å². The number of hydrogen-bond acceptors (Lipinski definition) is 7. The molecule has 1 saturated heterocycles. The molecule has 35 heavy (non-hydrogen) atoms. The number of nitrogens with zero attached hydrogens (tertiary/aromatic N) is 5. The van der Waals surface area contributed by atoms with Gasteiger partial charge in [-0.2, -0.15) is 4.98 Å². The third kappa shape index (κ3) is 5.47. The lowest BCUT2D eigenvalue weighted by molar-refractivity contribution is -0.133. The molecule has 1 aliphatic carbocycles. The van der Waals surface area contributed by atoms with Gasteiger partial charge in [0.05, 0.1) is 0 Å². The molecular formula is C27H33N5O3. The molecular weight excluding hydrogens is 442 g/mol. The van der Waals surface area contributed by atoms with Crippen molar-refractivity contribution >= 4 is 11.7 Å². The molecule has 1 saturated carbocycles. The van der Waals surface area contributed by atoms with Gasteiger partial charge in [-0.25, -0.2) is 4.98 Å². The first kappa shape index (κ1) is 23.3. The Kier molecular flexibility index (Phi) is 6.97. The van der Waals surface area contributed by atoms with E-state index in [0.29, 0.717) is 30.7 Å². The van der Waals surface area contributed by atoms with Gasteiger partial charge in [0, 0.05) is 43.9 Å². The number of rotatable bonds is 7. The predicted molar refractivity (Wildman–Crippen MR) is 134 cm³/mol. The number of anilines is 1. The van der Waals surface area contributed by atoms with Crippen LogP contribution in [-0.2, 0) is 4.79 Å². The Labute approximate surface area is 206 Å². The molecule has 3 aromatic rings. The van der Waals surface area contributed by atoms with Gasteiger partial charge in [0.1, 0.15) is 11.6 Å². The van der Waals surface area contributed by atoms with Crippen LogP contribution in [0.4, 0.5) is 5.82 Å². The van der Waals surface area contributed by atoms with Crippen molar-refractivity contribution in [1.29, 1.82) is 0 Å². The zero-order valence-corrected chi connectivity index (χ0v) is 20.5. The quantitative estimate of drug-likeness (QED) is 0.492. The summed E-state index contributed by atoms with van der Waals surface area (Å²) in [4.78, 5) is 25.9. The highest BCUT2D eigenvalue weighted by atomic mass is 16.5. The number of hydrogen-bond donors (Lipinski definition) is 0. The molecule has 0 bridgehead atoms. The largest absolute Gasteiger partial charge is 0.484 e. The molecule has 8 nitrogen and oxygen atoms in total. The fraction of sp³-hybridized carbons (Fsp3) is 0.481. The maximum atomic E-state index is 12.6. The lowest BCUT2D eigenvalue weighted by atomic mass is 10.0. The molecule has 184 valence electrons. The molecule has 2 aliphatic rings. The molecule has 0 atom stereocenters. The Balaban J connectivity index is 1.11. The summed E-state index contributed by atoms with van der Waals surface area (Å²) in [6, 6.07) is 11.9. The number of benzene rings is 1. The molecule has 2 fully saturated rings. The SMILES string of the molecule is CC(C)c1ccc(OCC(=O)N2CCN(c3ccc(-c4noc(C5CCCC5)n4)cn3)CC2)cc1. The number of carbonyl (C=O) groups is 1. The van der Waals surface area contributed by atoms with Gasteiger partial charge in [0.2, 0.25) is 11.7 Å². The number of ether oxygens (including phenoxy) is 1. The van der Waals surface area contributed by atoms with Gasteiger partial charge < -0.3 is 19.1 Å². The molecule has 1 amide bonds. The van der Waals surface area contributed by atoms with Crippen LogP contribution in [0.1, 0.15) is 62.8 Å². The highest BCUT2D eigenvalue weighted by molar-refractivity contribution is 5.78. The minimum atomic E-state index is 0.0102. The Bertz CT molecular complexity index is 1110. The lowest BCUT2D eigenvalue weighted by Gasteiger charge is -2.35. The summed E-state index contributed by atoms with van der Waals surface area (Å²) in [5.41, 5.74) is 2.11. The van der Waals surface area contributed by atoms with E-state index in [9.17, 15) is 4.79 Å². The van der Waals surface area contributed by atoms with E-state index in [0.717, 1.165) is 49.0 Å². The minimum Gasteiger partial charge on any atom is -0.484 e. The molecule has 5 rings (SSSR count). The van der Waals surface area contributed by atoms with Gasteiger partial charge in [-0.1, -0.05) is 44.0 Å². The summed E-state index contributed by atoms with van der Waals surface area (Å²) in [5.74, 6) is 3.85. The van der Waals surface area contributed by atoms with Crippen LogP contribution in [0.25, 0.3) is 11.4 Å². The van der Waals surface area contributed by atoms with E-state index < -0.39 is 0 Å². The number of amides is 1. The molecule has 0 unspecified atom stereocenters. The normalized spacial score (nSPS) is 16.8. The zero-order chi connectivity index (χ0) is 24.2. The van der Waals surface area contributed by atoms with Gasteiger partial charge in [-0.3, -0.25) is 4.79 Å². The maximum Gasteiger partial charge on any atom is 0.260 e. The topological polar surface area (TPSA) is 84.6 Å². The third-order valence-electron chi connectivity index (χ3n) is 7.02. The minimum absolute atomic E-state index is 0.0102. The Morgan fingerprint density at radius 2 is 1.80 bits per heavy atom. The molecule has 8 heteroatoms. The number of pyridine rings is 1. The molecule has 0 N–H and O–H groups in total. The number of piperazine rings is 1. The molecule has 1 aromatic carbocycles. The maximum absolute atomic E-state index is 12.6. The average molecular weight is 476 g/mol. The predicted octanol–water partition coefficient (Wildman–Crippen LogP) is 4.64. The fourth-order valence-corrected chi connectivity index (χ4v) is 4.77. The van der Waals surface area contributed by atoms with Crippen molar-refractivity contribution in [1.82, 2.24) is 20.0 Å².